The molecule has 7 nitrogen and oxygen atoms in total. The summed E-state index contributed by atoms with van der Waals surface area (Å²) in [6.07, 6.45) is 1.94. The van der Waals surface area contributed by atoms with Crippen LogP contribution in [0.5, 0.6) is 11.5 Å². The molecule has 0 radical (unpaired) electrons. The van der Waals surface area contributed by atoms with Crippen molar-refractivity contribution in [2.75, 3.05) is 11.9 Å². The molecule has 0 saturated heterocycles. The topological polar surface area (TPSA) is 89.1 Å². The second-order valence-corrected chi connectivity index (χ2v) is 8.51. The number of hydrogen-bond acceptors (Lipinski definition) is 6. The smallest absolute Gasteiger partial charge is 0.269 e. The maximum absolute atomic E-state index is 10.9. The molecule has 0 unspecified atom stereocenters. The number of nitro groups is 1. The van der Waals surface area contributed by atoms with Gasteiger partial charge < -0.3 is 10.1 Å². The summed E-state index contributed by atoms with van der Waals surface area (Å²) < 4.78 is 6.52. The second-order valence-electron chi connectivity index (χ2n) is 8.51. The molecule has 0 aliphatic heterocycles. The van der Waals surface area contributed by atoms with Gasteiger partial charge in [-0.15, -0.1) is 5.11 Å². The Bertz CT molecular complexity index is 1430. The zero-order valence-corrected chi connectivity index (χ0v) is 21.0. The van der Waals surface area contributed by atoms with Crippen molar-refractivity contribution in [3.8, 4) is 11.5 Å². The first kappa shape index (κ1) is 24.9. The fourth-order valence-corrected chi connectivity index (χ4v) is 4.40. The number of nitro benzene ring substituents is 1. The van der Waals surface area contributed by atoms with Crippen molar-refractivity contribution in [3.05, 3.63) is 93.5 Å². The molecular formula is C29H30N4O3. The average Bonchev–Trinajstić information content (AvgIpc) is 2.88. The van der Waals surface area contributed by atoms with Crippen LogP contribution in [0.25, 0.3) is 10.8 Å². The SMILES string of the molecule is CCNc1cc(C)c(N=Nc2ccc([N+](=O)[O-])cc2)c(Oc2cccc3c(CC)c(CC)ccc23)c1. The summed E-state index contributed by atoms with van der Waals surface area (Å²) in [6.45, 7) is 9.14. The van der Waals surface area contributed by atoms with Crippen LogP contribution in [-0.2, 0) is 12.8 Å². The fraction of sp³-hybridized carbons (Fsp3) is 0.241. The normalized spacial score (nSPS) is 11.2. The number of aryl methyl sites for hydroxylation is 3. The number of hydrogen-bond donors (Lipinski definition) is 1. The molecule has 0 heterocycles. The summed E-state index contributed by atoms with van der Waals surface area (Å²) in [4.78, 5) is 10.5. The van der Waals surface area contributed by atoms with Crippen LogP contribution in [0.2, 0.25) is 0 Å². The van der Waals surface area contributed by atoms with Gasteiger partial charge in [0, 0.05) is 35.8 Å². The first-order chi connectivity index (χ1) is 17.4. The van der Waals surface area contributed by atoms with Gasteiger partial charge in [0.2, 0.25) is 0 Å². The summed E-state index contributed by atoms with van der Waals surface area (Å²) in [5.41, 5.74) is 5.66. The van der Waals surface area contributed by atoms with E-state index in [1.165, 1.54) is 28.6 Å². The van der Waals surface area contributed by atoms with E-state index >= 15 is 0 Å². The molecule has 4 rings (SSSR count). The van der Waals surface area contributed by atoms with Gasteiger partial charge in [-0.3, -0.25) is 10.1 Å². The lowest BCUT2D eigenvalue weighted by Gasteiger charge is -2.16. The standard InChI is InChI=1S/C29H30N4O3/c1-5-20-11-16-26-25(24(20)6-2)9-8-10-27(26)36-28-18-22(30-7-3)17-19(4)29(28)32-31-21-12-14-23(15-13-21)33(34)35/h8-18,30H,5-7H2,1-4H3. The Morgan fingerprint density at radius 1 is 0.889 bits per heavy atom. The molecule has 0 aromatic heterocycles. The molecule has 4 aromatic carbocycles. The van der Waals surface area contributed by atoms with Crippen molar-refractivity contribution in [2.24, 2.45) is 10.2 Å². The molecule has 0 fully saturated rings. The maximum Gasteiger partial charge on any atom is 0.269 e. The van der Waals surface area contributed by atoms with Crippen LogP contribution in [0, 0.1) is 17.0 Å². The minimum Gasteiger partial charge on any atom is -0.454 e. The van der Waals surface area contributed by atoms with Crippen LogP contribution in [0.4, 0.5) is 22.7 Å². The third kappa shape index (κ3) is 5.20. The van der Waals surface area contributed by atoms with E-state index in [1.807, 2.05) is 38.1 Å². The number of nitrogens with zero attached hydrogens (tertiary/aromatic N) is 3. The average molecular weight is 483 g/mol. The number of rotatable bonds is 9. The Balaban J connectivity index is 1.77. The Morgan fingerprint density at radius 3 is 2.33 bits per heavy atom. The van der Waals surface area contributed by atoms with E-state index < -0.39 is 4.92 Å². The van der Waals surface area contributed by atoms with Gasteiger partial charge in [-0.1, -0.05) is 38.1 Å². The molecule has 36 heavy (non-hydrogen) atoms. The number of nitrogens with one attached hydrogen (secondary N) is 1. The molecule has 0 aliphatic rings. The van der Waals surface area contributed by atoms with Crippen LogP contribution in [0.3, 0.4) is 0 Å². The van der Waals surface area contributed by atoms with Gasteiger partial charge in [0.25, 0.3) is 5.69 Å². The van der Waals surface area contributed by atoms with E-state index in [-0.39, 0.29) is 5.69 Å². The zero-order valence-electron chi connectivity index (χ0n) is 21.0. The number of azo groups is 1. The molecule has 0 bridgehead atoms. The lowest BCUT2D eigenvalue weighted by molar-refractivity contribution is -0.384. The number of ether oxygens (including phenoxy) is 1. The first-order valence-corrected chi connectivity index (χ1v) is 12.2. The minimum atomic E-state index is -0.436. The summed E-state index contributed by atoms with van der Waals surface area (Å²) in [6, 6.07) is 20.4. The van der Waals surface area contributed by atoms with Gasteiger partial charge in [-0.05, 0) is 73.0 Å². The van der Waals surface area contributed by atoms with Crippen LogP contribution in [-0.4, -0.2) is 11.5 Å². The summed E-state index contributed by atoms with van der Waals surface area (Å²) in [5, 5.41) is 25.4. The van der Waals surface area contributed by atoms with E-state index in [0.29, 0.717) is 17.1 Å². The molecule has 0 saturated carbocycles. The third-order valence-corrected chi connectivity index (χ3v) is 6.16. The quantitative estimate of drug-likeness (QED) is 0.147. The summed E-state index contributed by atoms with van der Waals surface area (Å²) >= 11 is 0. The molecule has 4 aromatic rings. The van der Waals surface area contributed by atoms with Crippen molar-refractivity contribution < 1.29 is 9.66 Å². The Kier molecular flexibility index (Phi) is 7.59. The van der Waals surface area contributed by atoms with Gasteiger partial charge in [-0.2, -0.15) is 5.11 Å². The van der Waals surface area contributed by atoms with Gasteiger partial charge in [0.05, 0.1) is 10.6 Å². The molecular weight excluding hydrogens is 452 g/mol. The van der Waals surface area contributed by atoms with E-state index in [0.717, 1.165) is 41.8 Å². The highest BCUT2D eigenvalue weighted by Gasteiger charge is 2.14. The highest BCUT2D eigenvalue weighted by Crippen LogP contribution is 2.41. The Labute approximate surface area is 211 Å². The second kappa shape index (κ2) is 11.0. The molecule has 1 N–H and O–H groups in total. The van der Waals surface area contributed by atoms with Gasteiger partial charge in [0.1, 0.15) is 11.4 Å². The molecule has 0 amide bonds. The summed E-state index contributed by atoms with van der Waals surface area (Å²) in [5.74, 6) is 1.34. The van der Waals surface area contributed by atoms with Crippen molar-refractivity contribution in [2.45, 2.75) is 40.5 Å². The summed E-state index contributed by atoms with van der Waals surface area (Å²) in [7, 11) is 0. The number of benzene rings is 4. The number of anilines is 1. The minimum absolute atomic E-state index is 0.0118. The largest absolute Gasteiger partial charge is 0.454 e. The monoisotopic (exact) mass is 482 g/mol. The molecule has 184 valence electrons. The van der Waals surface area contributed by atoms with Crippen LogP contribution in [0.1, 0.15) is 37.5 Å². The van der Waals surface area contributed by atoms with E-state index in [2.05, 4.69) is 47.6 Å². The maximum atomic E-state index is 10.9. The third-order valence-electron chi connectivity index (χ3n) is 6.16. The molecule has 0 atom stereocenters. The van der Waals surface area contributed by atoms with Crippen LogP contribution >= 0.6 is 0 Å². The van der Waals surface area contributed by atoms with Gasteiger partial charge in [-0.25, -0.2) is 0 Å². The van der Waals surface area contributed by atoms with Crippen molar-refractivity contribution in [3.63, 3.8) is 0 Å². The van der Waals surface area contributed by atoms with E-state index in [9.17, 15) is 10.1 Å². The fourth-order valence-electron chi connectivity index (χ4n) is 4.40. The van der Waals surface area contributed by atoms with Crippen LogP contribution in [0.15, 0.2) is 77.0 Å². The lowest BCUT2D eigenvalue weighted by Crippen LogP contribution is -1.98. The van der Waals surface area contributed by atoms with Crippen LogP contribution < -0.4 is 10.1 Å². The highest BCUT2D eigenvalue weighted by atomic mass is 16.6. The van der Waals surface area contributed by atoms with Crippen molar-refractivity contribution >= 4 is 33.5 Å². The first-order valence-electron chi connectivity index (χ1n) is 12.2. The Hall–Kier alpha value is -4.26. The molecule has 0 aliphatic carbocycles. The molecule has 7 heteroatoms. The zero-order chi connectivity index (χ0) is 25.7. The van der Waals surface area contributed by atoms with E-state index in [4.69, 9.17) is 4.74 Å². The number of non-ortho nitro benzene ring substituents is 1. The number of fused-ring (bicyclic) bond motifs is 1. The lowest BCUT2D eigenvalue weighted by atomic mass is 9.95. The predicted molar refractivity (Wildman–Crippen MR) is 145 cm³/mol. The van der Waals surface area contributed by atoms with E-state index in [1.54, 1.807) is 12.1 Å². The Morgan fingerprint density at radius 2 is 1.67 bits per heavy atom. The van der Waals surface area contributed by atoms with Gasteiger partial charge >= 0.3 is 0 Å². The van der Waals surface area contributed by atoms with Crippen molar-refractivity contribution in [1.29, 1.82) is 0 Å². The predicted octanol–water partition coefficient (Wildman–Crippen LogP) is 8.82. The van der Waals surface area contributed by atoms with Gasteiger partial charge in [0.15, 0.2) is 5.75 Å². The molecule has 0 spiro atoms. The highest BCUT2D eigenvalue weighted by molar-refractivity contribution is 5.92. The van der Waals surface area contributed by atoms with Crippen molar-refractivity contribution in [1.82, 2.24) is 0 Å².